The van der Waals surface area contributed by atoms with Crippen LogP contribution in [0.5, 0.6) is 5.75 Å². The molecule has 3 aromatic rings. The smallest absolute Gasteiger partial charge is 0.277 e. The molecule has 42 heavy (non-hydrogen) atoms. The second kappa shape index (κ2) is 14.5. The predicted octanol–water partition coefficient (Wildman–Crippen LogP) is 4.98. The number of carbonyl (C=O) groups excluding carboxylic acids is 1. The number of fused-ring (bicyclic) bond motifs is 1. The van der Waals surface area contributed by atoms with E-state index in [4.69, 9.17) is 14.8 Å². The van der Waals surface area contributed by atoms with Gasteiger partial charge in [0.25, 0.3) is 5.56 Å². The number of nitrogens with one attached hydrogen (secondary N) is 1. The van der Waals surface area contributed by atoms with Crippen LogP contribution in [-0.4, -0.2) is 64.7 Å². The fraction of sp³-hybridized carbons (Fsp3) is 0.613. The highest BCUT2D eigenvalue weighted by molar-refractivity contribution is 7.98. The van der Waals surface area contributed by atoms with Crippen molar-refractivity contribution >= 4 is 20.5 Å². The Morgan fingerprint density at radius 1 is 1.17 bits per heavy atom. The first-order valence-electron chi connectivity index (χ1n) is 15.4. The van der Waals surface area contributed by atoms with Crippen molar-refractivity contribution in [1.29, 1.82) is 0 Å². The average molecular weight is 600 g/mol. The zero-order chi connectivity index (χ0) is 30.3. The number of piperidine rings is 1. The molecular formula is C31H45N5O5S. The molecule has 230 valence electrons. The molecule has 1 saturated heterocycles. The van der Waals surface area contributed by atoms with E-state index in [2.05, 4.69) is 18.8 Å². The van der Waals surface area contributed by atoms with Crippen molar-refractivity contribution in [3.8, 4) is 17.1 Å². The minimum Gasteiger partial charge on any atom is -0.493 e. The fourth-order valence-electron chi connectivity index (χ4n) is 5.72. The number of aliphatic hydroxyl groups excluding tert-OH is 1. The first kappa shape index (κ1) is 31.9. The summed E-state index contributed by atoms with van der Waals surface area (Å²) in [5.74, 6) is 1.77. The molecule has 1 aromatic carbocycles. The average Bonchev–Trinajstić information content (AvgIpc) is 3.35. The van der Waals surface area contributed by atoms with Crippen molar-refractivity contribution in [3.63, 3.8) is 0 Å². The SMILES string of the molecule is CCCCCCC(CC)c1nc(C)c2c(=O)[nH]c(-c3cc(S(=O)(=C=O)N4CCC(CO)CC4)ccc3OCCC)nn12. The first-order valence-corrected chi connectivity index (χ1v) is 16.9. The lowest BCUT2D eigenvalue weighted by Gasteiger charge is -2.32. The molecule has 0 saturated carbocycles. The van der Waals surface area contributed by atoms with Crippen LogP contribution in [-0.2, 0) is 14.5 Å². The quantitative estimate of drug-likeness (QED) is 0.198. The van der Waals surface area contributed by atoms with E-state index in [1.807, 2.05) is 19.1 Å². The number of aromatic amines is 1. The highest BCUT2D eigenvalue weighted by atomic mass is 32.2. The maximum absolute atomic E-state index is 14.1. The maximum Gasteiger partial charge on any atom is 0.277 e. The number of ether oxygens (including phenoxy) is 1. The number of unbranched alkanes of at least 4 members (excludes halogenated alkanes) is 3. The third kappa shape index (κ3) is 6.64. The molecule has 2 N–H and O–H groups in total. The Balaban J connectivity index is 1.82. The van der Waals surface area contributed by atoms with Gasteiger partial charge in [0.2, 0.25) is 5.23 Å². The second-order valence-corrected chi connectivity index (χ2v) is 13.4. The van der Waals surface area contributed by atoms with Gasteiger partial charge in [0.1, 0.15) is 21.3 Å². The molecule has 1 fully saturated rings. The molecule has 2 aromatic heterocycles. The highest BCUT2D eigenvalue weighted by Crippen LogP contribution is 2.33. The van der Waals surface area contributed by atoms with Gasteiger partial charge < -0.3 is 14.8 Å². The molecule has 4 rings (SSSR count). The van der Waals surface area contributed by atoms with Crippen LogP contribution >= 0.6 is 0 Å². The third-order valence-corrected chi connectivity index (χ3v) is 10.5. The largest absolute Gasteiger partial charge is 0.493 e. The van der Waals surface area contributed by atoms with Crippen molar-refractivity contribution in [2.75, 3.05) is 26.3 Å². The molecule has 0 bridgehead atoms. The summed E-state index contributed by atoms with van der Waals surface area (Å²) in [5.41, 5.74) is 1.15. The van der Waals surface area contributed by atoms with Gasteiger partial charge in [0.15, 0.2) is 11.3 Å². The summed E-state index contributed by atoms with van der Waals surface area (Å²) in [6, 6.07) is 4.95. The maximum atomic E-state index is 14.1. The lowest BCUT2D eigenvalue weighted by Crippen LogP contribution is -2.39. The van der Waals surface area contributed by atoms with Gasteiger partial charge in [0.05, 0.1) is 22.8 Å². The van der Waals surface area contributed by atoms with Gasteiger partial charge in [-0.05, 0) is 63.1 Å². The molecular weight excluding hydrogens is 554 g/mol. The Morgan fingerprint density at radius 3 is 2.57 bits per heavy atom. The summed E-state index contributed by atoms with van der Waals surface area (Å²) < 4.78 is 23.5. The number of aryl methyl sites for hydroxylation is 1. The van der Waals surface area contributed by atoms with Gasteiger partial charge in [-0.1, -0.05) is 46.5 Å². The third-order valence-electron chi connectivity index (χ3n) is 8.26. The van der Waals surface area contributed by atoms with E-state index in [0.29, 0.717) is 55.1 Å². The molecule has 0 amide bonds. The van der Waals surface area contributed by atoms with E-state index in [0.717, 1.165) is 37.9 Å². The zero-order valence-corrected chi connectivity index (χ0v) is 26.2. The summed E-state index contributed by atoms with van der Waals surface area (Å²) in [5, 5.41) is 16.2. The van der Waals surface area contributed by atoms with Gasteiger partial charge >= 0.3 is 0 Å². The molecule has 11 heteroatoms. The Labute approximate surface area is 248 Å². The van der Waals surface area contributed by atoms with E-state index in [1.165, 1.54) is 12.8 Å². The van der Waals surface area contributed by atoms with E-state index in [1.54, 1.807) is 27.0 Å². The topological polar surface area (TPSA) is 130 Å². The summed E-state index contributed by atoms with van der Waals surface area (Å²) >= 11 is 0. The van der Waals surface area contributed by atoms with Crippen LogP contribution in [0.25, 0.3) is 16.9 Å². The molecule has 0 radical (unpaired) electrons. The van der Waals surface area contributed by atoms with E-state index < -0.39 is 9.71 Å². The van der Waals surface area contributed by atoms with Crippen molar-refractivity contribution in [2.45, 2.75) is 96.3 Å². The monoisotopic (exact) mass is 599 g/mol. The fourth-order valence-corrected chi connectivity index (χ4v) is 7.47. The lowest BCUT2D eigenvalue weighted by molar-refractivity contribution is 0.172. The van der Waals surface area contributed by atoms with Crippen LogP contribution in [0, 0.1) is 12.8 Å². The molecule has 1 aliphatic heterocycles. The Kier molecular flexibility index (Phi) is 11.0. The summed E-state index contributed by atoms with van der Waals surface area (Å²) in [6.07, 6.45) is 8.49. The van der Waals surface area contributed by atoms with Crippen LogP contribution in [0.2, 0.25) is 0 Å². The van der Waals surface area contributed by atoms with Crippen LogP contribution in [0.1, 0.15) is 96.0 Å². The second-order valence-electron chi connectivity index (χ2n) is 11.2. The van der Waals surface area contributed by atoms with Crippen molar-refractivity contribution < 1.29 is 18.8 Å². The lowest BCUT2D eigenvalue weighted by atomic mass is 9.97. The minimum atomic E-state index is -3.34. The normalized spacial score (nSPS) is 16.8. The van der Waals surface area contributed by atoms with Crippen LogP contribution < -0.4 is 10.3 Å². The van der Waals surface area contributed by atoms with Gasteiger partial charge in [-0.15, -0.1) is 5.10 Å². The molecule has 2 atom stereocenters. The van der Waals surface area contributed by atoms with Crippen LogP contribution in [0.3, 0.4) is 0 Å². The number of nitrogens with zero attached hydrogens (tertiary/aromatic N) is 4. The Hall–Kier alpha value is -2.98. The summed E-state index contributed by atoms with van der Waals surface area (Å²) in [4.78, 5) is 33.7. The van der Waals surface area contributed by atoms with Gasteiger partial charge in [-0.25, -0.2) is 22.8 Å². The number of aromatic nitrogens is 4. The van der Waals surface area contributed by atoms with Gasteiger partial charge in [0, 0.05) is 25.6 Å². The van der Waals surface area contributed by atoms with Crippen molar-refractivity contribution in [1.82, 2.24) is 23.9 Å². The van der Waals surface area contributed by atoms with E-state index in [-0.39, 0.29) is 34.7 Å². The van der Waals surface area contributed by atoms with Crippen LogP contribution in [0.15, 0.2) is 27.9 Å². The first-order chi connectivity index (χ1) is 20.3. The number of imidazole rings is 1. The van der Waals surface area contributed by atoms with Gasteiger partial charge in [-0.3, -0.25) is 4.79 Å². The number of rotatable bonds is 14. The van der Waals surface area contributed by atoms with E-state index in [9.17, 15) is 18.9 Å². The molecule has 3 heterocycles. The van der Waals surface area contributed by atoms with Crippen molar-refractivity contribution in [3.05, 3.63) is 40.1 Å². The van der Waals surface area contributed by atoms with Crippen LogP contribution in [0.4, 0.5) is 0 Å². The number of aliphatic hydroxyl groups is 1. The Morgan fingerprint density at radius 2 is 1.93 bits per heavy atom. The molecule has 0 spiro atoms. The van der Waals surface area contributed by atoms with E-state index >= 15 is 0 Å². The predicted molar refractivity (Wildman–Crippen MR) is 165 cm³/mol. The molecule has 2 unspecified atom stereocenters. The minimum absolute atomic E-state index is 0.0717. The molecule has 10 nitrogen and oxygen atoms in total. The molecule has 0 aliphatic carbocycles. The molecule has 1 aliphatic rings. The van der Waals surface area contributed by atoms with Crippen molar-refractivity contribution in [2.24, 2.45) is 5.92 Å². The highest BCUT2D eigenvalue weighted by Gasteiger charge is 2.29. The number of hydrogen-bond acceptors (Lipinski definition) is 7. The zero-order valence-electron chi connectivity index (χ0n) is 25.4. The summed E-state index contributed by atoms with van der Waals surface area (Å²) in [7, 11) is -3.34. The standard InChI is InChI=1S/C31H45N5O5S/c1-5-8-9-10-11-24(7-3)30-32-22(4)28-31(39)33-29(34-36(28)30)26-19-25(12-13-27(26)41-18-6-2)42(40,21-38)35-16-14-23(20-37)15-17-35/h12-13,19,23-24,37H,5-11,14-18,20H2,1-4H3,(H,33,34,39). The number of hydrogen-bond donors (Lipinski definition) is 2. The number of benzene rings is 1. The summed E-state index contributed by atoms with van der Waals surface area (Å²) in [6.45, 7) is 9.48. The number of H-pyrrole nitrogens is 1. The van der Waals surface area contributed by atoms with Gasteiger partial charge in [-0.2, -0.15) is 0 Å². The Bertz CT molecular complexity index is 1560.